The Morgan fingerprint density at radius 2 is 0.634 bits per heavy atom. The van der Waals surface area contributed by atoms with E-state index in [-0.39, 0.29) is 27.1 Å². The van der Waals surface area contributed by atoms with Crippen molar-refractivity contribution in [3.63, 3.8) is 0 Å². The minimum absolute atomic E-state index is 0.282. The van der Waals surface area contributed by atoms with Gasteiger partial charge in [-0.1, -0.05) is 27.7 Å². The molecular formula is C33H60O8. The minimum Gasteiger partial charge on any atom is -0.381 e. The first-order valence-corrected chi connectivity index (χ1v) is 16.5. The molecule has 0 atom stereocenters. The quantitative estimate of drug-likeness (QED) is 0.142. The standard InChI is InChI=1S/C33H60O8/c1-5-29(17-38-18-29)9-13-34-25-33(26-35-14-10-30(6-2)19-39-20-30,27-36-15-11-31(7-3)21-40-22-31)28-37-16-12-32(8-4)23-41-24-32/h5-28H2,1-4H3. The molecule has 0 radical (unpaired) electrons. The molecule has 4 saturated heterocycles. The molecule has 0 amide bonds. The van der Waals surface area contributed by atoms with Crippen LogP contribution < -0.4 is 0 Å². The van der Waals surface area contributed by atoms with E-state index in [0.717, 1.165) is 131 Å². The molecule has 4 aliphatic heterocycles. The highest BCUT2D eigenvalue weighted by atomic mass is 16.5. The number of hydrogen-bond donors (Lipinski definition) is 0. The monoisotopic (exact) mass is 584 g/mol. The van der Waals surface area contributed by atoms with Gasteiger partial charge in [0.1, 0.15) is 0 Å². The summed E-state index contributed by atoms with van der Waals surface area (Å²) in [6.45, 7) is 21.0. The van der Waals surface area contributed by atoms with Crippen LogP contribution in [0, 0.1) is 27.1 Å². The smallest absolute Gasteiger partial charge is 0.0637 e. The van der Waals surface area contributed by atoms with Gasteiger partial charge in [0.05, 0.1) is 84.7 Å². The van der Waals surface area contributed by atoms with Crippen molar-refractivity contribution in [1.82, 2.24) is 0 Å². The average molecular weight is 585 g/mol. The Morgan fingerprint density at radius 3 is 0.780 bits per heavy atom. The van der Waals surface area contributed by atoms with Crippen molar-refractivity contribution in [2.75, 3.05) is 106 Å². The number of rotatable bonds is 24. The van der Waals surface area contributed by atoms with Crippen LogP contribution in [0.5, 0.6) is 0 Å². The van der Waals surface area contributed by atoms with Gasteiger partial charge in [0, 0.05) is 48.1 Å². The first kappa shape index (κ1) is 33.6. The topological polar surface area (TPSA) is 73.8 Å². The van der Waals surface area contributed by atoms with Crippen LogP contribution in [0.1, 0.15) is 79.1 Å². The predicted octanol–water partition coefficient (Wildman–Crippen LogP) is 5.31. The highest BCUT2D eigenvalue weighted by Gasteiger charge is 2.41. The van der Waals surface area contributed by atoms with Gasteiger partial charge in [-0.2, -0.15) is 0 Å². The van der Waals surface area contributed by atoms with Crippen molar-refractivity contribution in [2.45, 2.75) is 79.1 Å². The molecule has 8 heteroatoms. The van der Waals surface area contributed by atoms with E-state index < -0.39 is 0 Å². The maximum Gasteiger partial charge on any atom is 0.0637 e. The summed E-state index contributed by atoms with van der Waals surface area (Å²) in [5, 5.41) is 0. The highest BCUT2D eigenvalue weighted by Crippen LogP contribution is 2.38. The van der Waals surface area contributed by atoms with Gasteiger partial charge in [0.2, 0.25) is 0 Å². The summed E-state index contributed by atoms with van der Waals surface area (Å²) < 4.78 is 47.9. The molecule has 4 heterocycles. The zero-order valence-electron chi connectivity index (χ0n) is 26.7. The van der Waals surface area contributed by atoms with Crippen molar-refractivity contribution in [1.29, 1.82) is 0 Å². The third-order valence-electron chi connectivity index (χ3n) is 11.0. The van der Waals surface area contributed by atoms with Gasteiger partial charge < -0.3 is 37.9 Å². The highest BCUT2D eigenvalue weighted by molar-refractivity contribution is 4.88. The van der Waals surface area contributed by atoms with Gasteiger partial charge in [-0.05, 0) is 51.4 Å². The fourth-order valence-electron chi connectivity index (χ4n) is 6.22. The molecule has 0 bridgehead atoms. The second-order valence-corrected chi connectivity index (χ2v) is 14.1. The molecule has 0 aromatic rings. The molecule has 4 rings (SSSR count). The Hall–Kier alpha value is -0.320. The normalized spacial score (nSPS) is 23.7. The van der Waals surface area contributed by atoms with Gasteiger partial charge in [0.25, 0.3) is 0 Å². The third-order valence-corrected chi connectivity index (χ3v) is 11.0. The fraction of sp³-hybridized carbons (Fsp3) is 1.00. The molecule has 0 aromatic carbocycles. The molecule has 0 spiro atoms. The average Bonchev–Trinajstić information content (AvgIpc) is 2.90. The second kappa shape index (κ2) is 15.6. The van der Waals surface area contributed by atoms with Crippen LogP contribution in [-0.4, -0.2) is 106 Å². The lowest BCUT2D eigenvalue weighted by atomic mass is 9.80. The summed E-state index contributed by atoms with van der Waals surface area (Å²) in [6, 6.07) is 0. The summed E-state index contributed by atoms with van der Waals surface area (Å²) in [5.41, 5.74) is 0.776. The summed E-state index contributed by atoms with van der Waals surface area (Å²) >= 11 is 0. The number of ether oxygens (including phenoxy) is 8. The molecule has 4 aliphatic rings. The largest absolute Gasteiger partial charge is 0.381 e. The molecular weight excluding hydrogens is 524 g/mol. The molecule has 8 nitrogen and oxygen atoms in total. The van der Waals surface area contributed by atoms with Crippen LogP contribution in [0.15, 0.2) is 0 Å². The van der Waals surface area contributed by atoms with Gasteiger partial charge >= 0.3 is 0 Å². The van der Waals surface area contributed by atoms with E-state index in [0.29, 0.717) is 26.4 Å². The van der Waals surface area contributed by atoms with Crippen LogP contribution in [0.2, 0.25) is 0 Å². The Kier molecular flexibility index (Phi) is 12.8. The maximum atomic E-state index is 6.43. The molecule has 0 aliphatic carbocycles. The molecule has 0 aromatic heterocycles. The molecule has 41 heavy (non-hydrogen) atoms. The number of hydrogen-bond acceptors (Lipinski definition) is 8. The van der Waals surface area contributed by atoms with Gasteiger partial charge in [0.15, 0.2) is 0 Å². The zero-order valence-corrected chi connectivity index (χ0v) is 26.7. The zero-order chi connectivity index (χ0) is 29.1. The van der Waals surface area contributed by atoms with E-state index in [1.807, 2.05) is 0 Å². The molecule has 0 saturated carbocycles. The van der Waals surface area contributed by atoms with Crippen LogP contribution >= 0.6 is 0 Å². The Morgan fingerprint density at radius 1 is 0.415 bits per heavy atom. The van der Waals surface area contributed by atoms with E-state index in [2.05, 4.69) is 27.7 Å². The Balaban J connectivity index is 1.34. The summed E-state index contributed by atoms with van der Waals surface area (Å²) in [7, 11) is 0. The third kappa shape index (κ3) is 8.87. The van der Waals surface area contributed by atoms with Crippen LogP contribution in [0.25, 0.3) is 0 Å². The van der Waals surface area contributed by atoms with Crippen LogP contribution in [-0.2, 0) is 37.9 Å². The Bertz CT molecular complexity index is 594. The predicted molar refractivity (Wildman–Crippen MR) is 158 cm³/mol. The van der Waals surface area contributed by atoms with Crippen LogP contribution in [0.4, 0.5) is 0 Å². The van der Waals surface area contributed by atoms with E-state index in [1.165, 1.54) is 0 Å². The van der Waals surface area contributed by atoms with Crippen LogP contribution in [0.3, 0.4) is 0 Å². The van der Waals surface area contributed by atoms with Gasteiger partial charge in [-0.3, -0.25) is 0 Å². The van der Waals surface area contributed by atoms with Crippen molar-refractivity contribution < 1.29 is 37.9 Å². The molecule has 0 N–H and O–H groups in total. The fourth-order valence-corrected chi connectivity index (χ4v) is 6.22. The van der Waals surface area contributed by atoms with E-state index in [9.17, 15) is 0 Å². The lowest BCUT2D eigenvalue weighted by Crippen LogP contribution is -2.46. The first-order valence-electron chi connectivity index (χ1n) is 16.5. The lowest BCUT2D eigenvalue weighted by Gasteiger charge is -2.42. The molecule has 0 unspecified atom stereocenters. The first-order chi connectivity index (χ1) is 19.9. The van der Waals surface area contributed by atoms with Crippen molar-refractivity contribution in [3.8, 4) is 0 Å². The summed E-state index contributed by atoms with van der Waals surface area (Å²) in [5.74, 6) is 0. The summed E-state index contributed by atoms with van der Waals surface area (Å²) in [4.78, 5) is 0. The van der Waals surface area contributed by atoms with Gasteiger partial charge in [-0.15, -0.1) is 0 Å². The van der Waals surface area contributed by atoms with E-state index in [4.69, 9.17) is 37.9 Å². The van der Waals surface area contributed by atoms with Gasteiger partial charge in [-0.25, -0.2) is 0 Å². The van der Waals surface area contributed by atoms with Crippen molar-refractivity contribution in [2.24, 2.45) is 27.1 Å². The van der Waals surface area contributed by atoms with E-state index in [1.54, 1.807) is 0 Å². The van der Waals surface area contributed by atoms with Crippen molar-refractivity contribution in [3.05, 3.63) is 0 Å². The maximum absolute atomic E-state index is 6.43. The molecule has 240 valence electrons. The van der Waals surface area contributed by atoms with E-state index >= 15 is 0 Å². The SMILES string of the molecule is CCC1(CCOCC(COCCC2(CC)COC2)(COCCC2(CC)COC2)COCCC2(CC)COC2)COC1. The Labute approximate surface area is 249 Å². The minimum atomic E-state index is -0.351. The van der Waals surface area contributed by atoms with Crippen molar-refractivity contribution >= 4 is 0 Å². The summed E-state index contributed by atoms with van der Waals surface area (Å²) in [6.07, 6.45) is 8.63. The lowest BCUT2D eigenvalue weighted by molar-refractivity contribution is -0.157. The molecule has 4 fully saturated rings. The second-order valence-electron chi connectivity index (χ2n) is 14.1.